The van der Waals surface area contributed by atoms with Gasteiger partial charge < -0.3 is 14.7 Å². The van der Waals surface area contributed by atoms with Gasteiger partial charge in [0.1, 0.15) is 0 Å². The van der Waals surface area contributed by atoms with E-state index in [1.54, 1.807) is 4.90 Å². The minimum absolute atomic E-state index is 0.143. The van der Waals surface area contributed by atoms with Crippen LogP contribution in [-0.2, 0) is 15.0 Å². The van der Waals surface area contributed by atoms with Crippen molar-refractivity contribution in [3.63, 3.8) is 0 Å². The van der Waals surface area contributed by atoms with Gasteiger partial charge in [-0.1, -0.05) is 19.1 Å². The Morgan fingerprint density at radius 1 is 1.40 bits per heavy atom. The van der Waals surface area contributed by atoms with Crippen molar-refractivity contribution in [1.82, 2.24) is 4.90 Å². The Bertz CT molecular complexity index is 717. The van der Waals surface area contributed by atoms with Gasteiger partial charge in [0.15, 0.2) is 0 Å². The van der Waals surface area contributed by atoms with Gasteiger partial charge in [-0.05, 0) is 18.1 Å². The van der Waals surface area contributed by atoms with E-state index in [1.165, 1.54) is 4.90 Å². The molecule has 25 heavy (non-hydrogen) atoms. The smallest absolute Gasteiger partial charge is 0.322 e. The molecule has 2 atom stereocenters. The number of hydrogen-bond donors (Lipinski definition) is 0. The normalized spacial score (nSPS) is 25.4. The second-order valence-corrected chi connectivity index (χ2v) is 7.42. The third-order valence-electron chi connectivity index (χ3n) is 5.41. The number of rotatable bonds is 3. The molecular weight excluding hydrogens is 328 g/mol. The van der Waals surface area contributed by atoms with Crippen molar-refractivity contribution < 1.29 is 18.4 Å². The zero-order chi connectivity index (χ0) is 18.6. The van der Waals surface area contributed by atoms with Crippen LogP contribution in [0.1, 0.15) is 25.8 Å². The van der Waals surface area contributed by atoms with Crippen LogP contribution < -0.4 is 9.80 Å². The molecule has 0 radical (unpaired) electrons. The van der Waals surface area contributed by atoms with Crippen LogP contribution in [0.2, 0.25) is 0 Å². The summed E-state index contributed by atoms with van der Waals surface area (Å²) in [5, 5.41) is 0. The highest BCUT2D eigenvalue weighted by Gasteiger charge is 2.54. The molecule has 0 aliphatic carbocycles. The number of likely N-dealkylation sites (tertiary alicyclic amines) is 1. The summed E-state index contributed by atoms with van der Waals surface area (Å²) in [4.78, 5) is 28.8. The molecule has 0 spiro atoms. The van der Waals surface area contributed by atoms with E-state index in [0.717, 1.165) is 23.3 Å². The van der Waals surface area contributed by atoms with Gasteiger partial charge in [-0.25, -0.2) is 0 Å². The number of carbonyl (C=O) groups excluding carboxylic acids is 2. The van der Waals surface area contributed by atoms with Gasteiger partial charge in [0, 0.05) is 45.6 Å². The summed E-state index contributed by atoms with van der Waals surface area (Å²) in [5.74, 6) is -4.54. The summed E-state index contributed by atoms with van der Waals surface area (Å²) in [7, 11) is 3.80. The van der Waals surface area contributed by atoms with Gasteiger partial charge in [-0.2, -0.15) is 8.78 Å². The van der Waals surface area contributed by atoms with Gasteiger partial charge in [-0.3, -0.25) is 9.59 Å². The summed E-state index contributed by atoms with van der Waals surface area (Å²) in [6.07, 6.45) is 1.28. The molecule has 5 nitrogen and oxygen atoms in total. The van der Waals surface area contributed by atoms with Crippen LogP contribution in [0, 0.1) is 0 Å². The molecule has 3 rings (SSSR count). The number of nitrogens with zero attached hydrogens (tertiary/aromatic N) is 3. The van der Waals surface area contributed by atoms with Gasteiger partial charge in [0.05, 0.1) is 11.4 Å². The lowest BCUT2D eigenvalue weighted by Gasteiger charge is -2.44. The predicted octanol–water partition coefficient (Wildman–Crippen LogP) is 2.24. The average molecular weight is 351 g/mol. The first-order chi connectivity index (χ1) is 11.6. The second kappa shape index (κ2) is 5.68. The highest BCUT2D eigenvalue weighted by molar-refractivity contribution is 5.92. The number of fused-ring (bicyclic) bond motifs is 3. The number of piperidine rings is 1. The van der Waals surface area contributed by atoms with Crippen LogP contribution in [0.5, 0.6) is 0 Å². The van der Waals surface area contributed by atoms with E-state index in [0.29, 0.717) is 13.3 Å². The number of hydrogen-bond acceptors (Lipinski definition) is 3. The fourth-order valence-corrected chi connectivity index (χ4v) is 4.25. The number of amides is 2. The van der Waals surface area contributed by atoms with Crippen molar-refractivity contribution in [1.29, 1.82) is 0 Å². The molecule has 2 heterocycles. The van der Waals surface area contributed by atoms with Crippen molar-refractivity contribution in [3.05, 3.63) is 23.8 Å². The molecule has 1 saturated heterocycles. The number of para-hydroxylation sites is 1. The van der Waals surface area contributed by atoms with Crippen LogP contribution in [0.15, 0.2) is 18.2 Å². The maximum Gasteiger partial charge on any atom is 0.322 e. The maximum atomic E-state index is 13.5. The quantitative estimate of drug-likeness (QED) is 0.785. The molecule has 1 aromatic rings. The van der Waals surface area contributed by atoms with Gasteiger partial charge in [0.2, 0.25) is 6.41 Å². The fraction of sp³-hybridized carbons (Fsp3) is 0.556. The lowest BCUT2D eigenvalue weighted by Crippen LogP contribution is -2.58. The molecule has 2 aliphatic rings. The predicted molar refractivity (Wildman–Crippen MR) is 92.3 cm³/mol. The second-order valence-electron chi connectivity index (χ2n) is 7.42. The van der Waals surface area contributed by atoms with Crippen LogP contribution in [0.4, 0.5) is 20.2 Å². The van der Waals surface area contributed by atoms with Gasteiger partial charge in [-0.15, -0.1) is 0 Å². The van der Waals surface area contributed by atoms with Crippen molar-refractivity contribution >= 4 is 23.7 Å². The molecular formula is C18H23F2N3O2. The fourth-order valence-electron chi connectivity index (χ4n) is 4.25. The third-order valence-corrected chi connectivity index (χ3v) is 5.41. The van der Waals surface area contributed by atoms with E-state index >= 15 is 0 Å². The molecule has 7 heteroatoms. The SMILES string of the molecule is CN(C)c1cccc2c1N(C=O)C1CCN(C(=O)C(C)(F)F)CC21C. The van der Waals surface area contributed by atoms with E-state index in [4.69, 9.17) is 0 Å². The van der Waals surface area contributed by atoms with Crippen molar-refractivity contribution in [2.45, 2.75) is 37.6 Å². The minimum atomic E-state index is -3.39. The van der Waals surface area contributed by atoms with E-state index in [9.17, 15) is 18.4 Å². The summed E-state index contributed by atoms with van der Waals surface area (Å²) in [6.45, 7) is 2.98. The Morgan fingerprint density at radius 2 is 2.08 bits per heavy atom. The summed E-state index contributed by atoms with van der Waals surface area (Å²) >= 11 is 0. The van der Waals surface area contributed by atoms with E-state index < -0.39 is 17.2 Å². The summed E-state index contributed by atoms with van der Waals surface area (Å²) in [5.41, 5.74) is 2.07. The lowest BCUT2D eigenvalue weighted by molar-refractivity contribution is -0.157. The molecule has 0 bridgehead atoms. The van der Waals surface area contributed by atoms with Gasteiger partial charge >= 0.3 is 5.92 Å². The van der Waals surface area contributed by atoms with Crippen LogP contribution in [-0.4, -0.2) is 56.4 Å². The number of anilines is 2. The largest absolute Gasteiger partial charge is 0.376 e. The molecule has 0 N–H and O–H groups in total. The van der Waals surface area contributed by atoms with E-state index in [2.05, 4.69) is 0 Å². The zero-order valence-corrected chi connectivity index (χ0v) is 14.9. The highest BCUT2D eigenvalue weighted by atomic mass is 19.3. The summed E-state index contributed by atoms with van der Waals surface area (Å²) in [6, 6.07) is 5.62. The van der Waals surface area contributed by atoms with E-state index in [-0.39, 0.29) is 19.1 Å². The van der Waals surface area contributed by atoms with E-state index in [1.807, 2.05) is 44.1 Å². The van der Waals surface area contributed by atoms with Crippen molar-refractivity contribution in [2.24, 2.45) is 0 Å². The number of halogens is 2. The average Bonchev–Trinajstić information content (AvgIpc) is 2.80. The first kappa shape index (κ1) is 17.6. The van der Waals surface area contributed by atoms with Crippen molar-refractivity contribution in [2.75, 3.05) is 37.0 Å². The maximum absolute atomic E-state index is 13.5. The first-order valence-electron chi connectivity index (χ1n) is 8.33. The van der Waals surface area contributed by atoms with Crippen LogP contribution in [0.3, 0.4) is 0 Å². The monoisotopic (exact) mass is 351 g/mol. The first-order valence-corrected chi connectivity index (χ1v) is 8.33. The molecule has 136 valence electrons. The zero-order valence-electron chi connectivity index (χ0n) is 14.9. The molecule has 2 unspecified atom stereocenters. The van der Waals surface area contributed by atoms with Crippen molar-refractivity contribution in [3.8, 4) is 0 Å². The molecule has 2 aliphatic heterocycles. The topological polar surface area (TPSA) is 43.9 Å². The molecule has 2 amide bonds. The Kier molecular flexibility index (Phi) is 4.00. The summed E-state index contributed by atoms with van der Waals surface area (Å²) < 4.78 is 27.0. The van der Waals surface area contributed by atoms with Crippen LogP contribution >= 0.6 is 0 Å². The van der Waals surface area contributed by atoms with Gasteiger partial charge in [0.25, 0.3) is 5.91 Å². The lowest BCUT2D eigenvalue weighted by atomic mass is 9.74. The van der Waals surface area contributed by atoms with Crippen LogP contribution in [0.25, 0.3) is 0 Å². The standard InChI is InChI=1S/C18H23F2N3O2/c1-17-10-22(16(25)18(2,19)20)9-8-14(17)23(11-24)15-12(17)6-5-7-13(15)21(3)4/h5-7,11,14H,8-10H2,1-4H3. The molecule has 1 aromatic carbocycles. The number of alkyl halides is 2. The molecule has 0 aromatic heterocycles. The molecule has 1 fully saturated rings. The Hall–Kier alpha value is -2.18. The Balaban J connectivity index is 2.07. The molecule has 0 saturated carbocycles. The Labute approximate surface area is 146 Å². The number of benzene rings is 1. The highest BCUT2D eigenvalue weighted by Crippen LogP contribution is 2.51. The third kappa shape index (κ3) is 2.56. The Morgan fingerprint density at radius 3 is 2.64 bits per heavy atom. The minimum Gasteiger partial charge on any atom is -0.376 e. The number of carbonyl (C=O) groups is 2.